The first-order valence-corrected chi connectivity index (χ1v) is 12.2. The van der Waals surface area contributed by atoms with Gasteiger partial charge < -0.3 is 5.32 Å². The zero-order valence-corrected chi connectivity index (χ0v) is 18.0. The number of hydrogen-bond acceptors (Lipinski definition) is 5. The molecule has 2 aromatic carbocycles. The summed E-state index contributed by atoms with van der Waals surface area (Å²) in [4.78, 5) is 13.6. The summed E-state index contributed by atoms with van der Waals surface area (Å²) in [5.74, 6) is -1.05. The number of fused-ring (bicyclic) bond motifs is 1. The average Bonchev–Trinajstić information content (AvgIpc) is 3.15. The van der Waals surface area contributed by atoms with Crippen LogP contribution in [0, 0.1) is 11.3 Å². The zero-order chi connectivity index (χ0) is 21.4. The van der Waals surface area contributed by atoms with E-state index in [4.69, 9.17) is 5.26 Å². The summed E-state index contributed by atoms with van der Waals surface area (Å²) >= 11 is 1.50. The quantitative estimate of drug-likeness (QED) is 0.512. The molecule has 7 heteroatoms. The fraction of sp³-hybridized carbons (Fsp3) is 0.217. The van der Waals surface area contributed by atoms with Gasteiger partial charge in [-0.3, -0.25) is 4.79 Å². The number of thiophene rings is 1. The highest BCUT2D eigenvalue weighted by atomic mass is 32.2. The van der Waals surface area contributed by atoms with Crippen molar-refractivity contribution in [1.82, 2.24) is 5.32 Å². The highest BCUT2D eigenvalue weighted by Crippen LogP contribution is 2.27. The molecule has 0 aliphatic heterocycles. The first kappa shape index (κ1) is 21.8. The molecule has 0 unspecified atom stereocenters. The minimum Gasteiger partial charge on any atom is -0.352 e. The molecule has 30 heavy (non-hydrogen) atoms. The third-order valence-corrected chi connectivity index (χ3v) is 7.14. The SMILES string of the molecule is N#CCCS(=O)(=O)C/C(=C\c1cc2ccccc2s1)C(=O)NCCc1ccccc1. The Hall–Kier alpha value is -2.95. The fourth-order valence-electron chi connectivity index (χ4n) is 3.01. The molecule has 0 saturated heterocycles. The summed E-state index contributed by atoms with van der Waals surface area (Å²) < 4.78 is 25.9. The van der Waals surface area contributed by atoms with E-state index >= 15 is 0 Å². The summed E-state index contributed by atoms with van der Waals surface area (Å²) in [6.45, 7) is 0.408. The molecule has 0 atom stereocenters. The maximum atomic E-state index is 12.8. The van der Waals surface area contributed by atoms with Crippen LogP contribution >= 0.6 is 11.3 Å². The number of rotatable bonds is 9. The standard InChI is InChI=1S/C23H22N2O3S2/c24-12-6-14-30(27,28)17-20(16-21-15-19-9-4-5-10-22(19)29-21)23(26)25-13-11-18-7-2-1-3-8-18/h1-5,7-10,15-16H,6,11,13-14,17H2,(H,25,26)/b20-16+. The summed E-state index contributed by atoms with van der Waals surface area (Å²) in [5.41, 5.74) is 1.28. The Balaban J connectivity index is 1.79. The molecule has 3 aromatic rings. The van der Waals surface area contributed by atoms with Gasteiger partial charge >= 0.3 is 0 Å². The van der Waals surface area contributed by atoms with Gasteiger partial charge in [0.25, 0.3) is 0 Å². The molecule has 0 saturated carbocycles. The molecular weight excluding hydrogens is 416 g/mol. The average molecular weight is 439 g/mol. The lowest BCUT2D eigenvalue weighted by Crippen LogP contribution is -2.30. The highest BCUT2D eigenvalue weighted by molar-refractivity contribution is 7.91. The molecule has 1 amide bonds. The van der Waals surface area contributed by atoms with Gasteiger partial charge in [0.15, 0.2) is 9.84 Å². The summed E-state index contributed by atoms with van der Waals surface area (Å²) in [5, 5.41) is 12.6. The van der Waals surface area contributed by atoms with E-state index < -0.39 is 15.7 Å². The second-order valence-electron chi connectivity index (χ2n) is 6.85. The summed E-state index contributed by atoms with van der Waals surface area (Å²) in [7, 11) is -3.56. The molecule has 0 radical (unpaired) electrons. The van der Waals surface area contributed by atoms with Gasteiger partial charge in [-0.2, -0.15) is 5.26 Å². The predicted octanol–water partition coefficient (Wildman–Crippen LogP) is 3.97. The third kappa shape index (κ3) is 6.28. The van der Waals surface area contributed by atoms with Gasteiger partial charge in [-0.05, 0) is 35.6 Å². The molecule has 0 fully saturated rings. The lowest BCUT2D eigenvalue weighted by atomic mass is 10.1. The van der Waals surface area contributed by atoms with Crippen LogP contribution in [0.5, 0.6) is 0 Å². The second kappa shape index (κ2) is 10.2. The van der Waals surface area contributed by atoms with Crippen molar-refractivity contribution < 1.29 is 13.2 Å². The van der Waals surface area contributed by atoms with E-state index in [1.807, 2.05) is 66.7 Å². The Kier molecular flexibility index (Phi) is 7.39. The third-order valence-electron chi connectivity index (χ3n) is 4.50. The van der Waals surface area contributed by atoms with Crippen LogP contribution in [0.15, 0.2) is 66.2 Å². The molecule has 3 rings (SSSR count). The molecule has 5 nitrogen and oxygen atoms in total. The smallest absolute Gasteiger partial charge is 0.248 e. The number of amides is 1. The van der Waals surface area contributed by atoms with Crippen LogP contribution in [0.25, 0.3) is 16.2 Å². The van der Waals surface area contributed by atoms with Crippen molar-refractivity contribution in [3.05, 3.63) is 76.7 Å². The van der Waals surface area contributed by atoms with Crippen molar-refractivity contribution in [2.75, 3.05) is 18.1 Å². The van der Waals surface area contributed by atoms with E-state index in [2.05, 4.69) is 5.32 Å². The van der Waals surface area contributed by atoms with E-state index in [1.54, 1.807) is 6.08 Å². The molecule has 154 valence electrons. The summed E-state index contributed by atoms with van der Waals surface area (Å²) in [6, 6.07) is 21.4. The Bertz CT molecular complexity index is 1160. The number of carbonyl (C=O) groups excluding carboxylic acids is 1. The van der Waals surface area contributed by atoms with E-state index in [9.17, 15) is 13.2 Å². The molecular formula is C23H22N2O3S2. The lowest BCUT2D eigenvalue weighted by molar-refractivity contribution is -0.117. The van der Waals surface area contributed by atoms with Crippen molar-refractivity contribution in [3.8, 4) is 6.07 Å². The van der Waals surface area contributed by atoms with Crippen LogP contribution < -0.4 is 5.32 Å². The van der Waals surface area contributed by atoms with Gasteiger partial charge in [0, 0.05) is 28.1 Å². The van der Waals surface area contributed by atoms with Crippen LogP contribution in [0.3, 0.4) is 0 Å². The van der Waals surface area contributed by atoms with E-state index in [1.165, 1.54) is 11.3 Å². The fourth-order valence-corrected chi connectivity index (χ4v) is 5.27. The topological polar surface area (TPSA) is 87.0 Å². The molecule has 0 aliphatic rings. The van der Waals surface area contributed by atoms with Crippen LogP contribution in [-0.4, -0.2) is 32.4 Å². The Morgan fingerprint density at radius 1 is 1.10 bits per heavy atom. The Morgan fingerprint density at radius 3 is 2.57 bits per heavy atom. The Morgan fingerprint density at radius 2 is 1.83 bits per heavy atom. The molecule has 1 N–H and O–H groups in total. The Labute approximate surface area is 180 Å². The molecule has 1 aromatic heterocycles. The van der Waals surface area contributed by atoms with Gasteiger partial charge in [-0.1, -0.05) is 48.5 Å². The number of benzene rings is 2. The number of nitriles is 1. The van der Waals surface area contributed by atoms with Crippen LogP contribution in [0.2, 0.25) is 0 Å². The van der Waals surface area contributed by atoms with E-state index in [0.717, 1.165) is 20.5 Å². The second-order valence-corrected chi connectivity index (χ2v) is 10.1. The maximum Gasteiger partial charge on any atom is 0.248 e. The van der Waals surface area contributed by atoms with Crippen molar-refractivity contribution in [2.24, 2.45) is 0 Å². The highest BCUT2D eigenvalue weighted by Gasteiger charge is 2.19. The van der Waals surface area contributed by atoms with E-state index in [-0.39, 0.29) is 23.5 Å². The van der Waals surface area contributed by atoms with Crippen molar-refractivity contribution >= 4 is 43.2 Å². The maximum absolute atomic E-state index is 12.8. The lowest BCUT2D eigenvalue weighted by Gasteiger charge is -2.09. The number of nitrogens with zero attached hydrogens (tertiary/aromatic N) is 1. The van der Waals surface area contributed by atoms with Crippen LogP contribution in [-0.2, 0) is 21.1 Å². The zero-order valence-electron chi connectivity index (χ0n) is 16.4. The van der Waals surface area contributed by atoms with Crippen molar-refractivity contribution in [1.29, 1.82) is 5.26 Å². The largest absolute Gasteiger partial charge is 0.352 e. The van der Waals surface area contributed by atoms with Gasteiger partial charge in [0.1, 0.15) is 0 Å². The van der Waals surface area contributed by atoms with Gasteiger partial charge in [-0.25, -0.2) is 8.42 Å². The van der Waals surface area contributed by atoms with Crippen molar-refractivity contribution in [3.63, 3.8) is 0 Å². The predicted molar refractivity (Wildman–Crippen MR) is 122 cm³/mol. The molecule has 1 heterocycles. The number of sulfone groups is 1. The molecule has 0 aliphatic carbocycles. The van der Waals surface area contributed by atoms with Gasteiger partial charge in [0.05, 0.1) is 17.6 Å². The molecule has 0 spiro atoms. The number of hydrogen-bond donors (Lipinski definition) is 1. The van der Waals surface area contributed by atoms with Crippen molar-refractivity contribution in [2.45, 2.75) is 12.8 Å². The minimum absolute atomic E-state index is 0.0892. The van der Waals surface area contributed by atoms with E-state index in [0.29, 0.717) is 13.0 Å². The van der Waals surface area contributed by atoms with Gasteiger partial charge in [0.2, 0.25) is 5.91 Å². The van der Waals surface area contributed by atoms with Gasteiger partial charge in [-0.15, -0.1) is 11.3 Å². The normalized spacial score (nSPS) is 11.9. The number of nitrogens with one attached hydrogen (secondary N) is 1. The first-order valence-electron chi connectivity index (χ1n) is 9.55. The van der Waals surface area contributed by atoms with Crippen LogP contribution in [0.1, 0.15) is 16.9 Å². The summed E-state index contributed by atoms with van der Waals surface area (Å²) in [6.07, 6.45) is 2.21. The first-order chi connectivity index (χ1) is 14.5. The molecule has 0 bridgehead atoms. The number of carbonyl (C=O) groups is 1. The van der Waals surface area contributed by atoms with Crippen LogP contribution in [0.4, 0.5) is 0 Å². The minimum atomic E-state index is -3.56. The monoisotopic (exact) mass is 438 g/mol.